The van der Waals surface area contributed by atoms with E-state index in [2.05, 4.69) is 25.2 Å². The van der Waals surface area contributed by atoms with Gasteiger partial charge in [-0.1, -0.05) is 0 Å². The molecular formula is C12H14N4O2. The molecule has 0 aliphatic rings. The third-order valence-electron chi connectivity index (χ3n) is 2.42. The number of hydrogen-bond acceptors (Lipinski definition) is 5. The molecule has 0 aromatic carbocycles. The van der Waals surface area contributed by atoms with E-state index in [1.165, 1.54) is 7.11 Å². The number of esters is 1. The Morgan fingerprint density at radius 3 is 2.89 bits per heavy atom. The number of nitrogens with zero attached hydrogens (tertiary/aromatic N) is 2. The van der Waals surface area contributed by atoms with E-state index in [9.17, 15) is 4.79 Å². The number of anilines is 1. The number of nitrogens with one attached hydrogen (secondary N) is 2. The van der Waals surface area contributed by atoms with Gasteiger partial charge in [0.15, 0.2) is 0 Å². The Labute approximate surface area is 104 Å². The van der Waals surface area contributed by atoms with Crippen molar-refractivity contribution < 1.29 is 9.53 Å². The number of H-pyrrole nitrogens is 1. The minimum atomic E-state index is -0.251. The summed E-state index contributed by atoms with van der Waals surface area (Å²) in [7, 11) is 1.37. The summed E-state index contributed by atoms with van der Waals surface area (Å²) in [6, 6.07) is 5.62. The second-order valence-corrected chi connectivity index (χ2v) is 3.66. The molecule has 0 atom stereocenters. The summed E-state index contributed by atoms with van der Waals surface area (Å²) in [6.45, 7) is 0.477. The molecule has 6 nitrogen and oxygen atoms in total. The third-order valence-corrected chi connectivity index (χ3v) is 2.42. The van der Waals surface area contributed by atoms with Crippen LogP contribution in [0.3, 0.4) is 0 Å². The largest absolute Gasteiger partial charge is 0.469 e. The first kappa shape index (κ1) is 12.1. The van der Waals surface area contributed by atoms with Crippen LogP contribution in [0.1, 0.15) is 6.42 Å². The minimum Gasteiger partial charge on any atom is -0.469 e. The maximum Gasteiger partial charge on any atom is 0.307 e. The lowest BCUT2D eigenvalue weighted by molar-refractivity contribution is -0.140. The van der Waals surface area contributed by atoms with E-state index < -0.39 is 0 Å². The Balaban J connectivity index is 1.90. The fraction of sp³-hybridized carbons (Fsp3) is 0.250. The summed E-state index contributed by atoms with van der Waals surface area (Å²) in [6.07, 6.45) is 3.99. The van der Waals surface area contributed by atoms with Gasteiger partial charge in [0.1, 0.15) is 5.82 Å². The average molecular weight is 246 g/mol. The molecule has 6 heteroatoms. The van der Waals surface area contributed by atoms with E-state index in [4.69, 9.17) is 0 Å². The van der Waals surface area contributed by atoms with E-state index in [1.54, 1.807) is 0 Å². The molecular weight excluding hydrogens is 232 g/mol. The van der Waals surface area contributed by atoms with Crippen LogP contribution >= 0.6 is 0 Å². The van der Waals surface area contributed by atoms with Crippen molar-refractivity contribution >= 4 is 11.8 Å². The average Bonchev–Trinajstić information content (AvgIpc) is 2.93. The van der Waals surface area contributed by atoms with Crippen molar-refractivity contribution in [3.63, 3.8) is 0 Å². The van der Waals surface area contributed by atoms with Crippen LogP contribution < -0.4 is 5.32 Å². The zero-order valence-electron chi connectivity index (χ0n) is 10.0. The first-order chi connectivity index (χ1) is 8.79. The predicted octanol–water partition coefficient (Wildman–Crippen LogP) is 1.45. The Bertz CT molecular complexity index is 493. The van der Waals surface area contributed by atoms with Gasteiger partial charge in [-0.2, -0.15) is 0 Å². The zero-order valence-corrected chi connectivity index (χ0v) is 10.0. The SMILES string of the molecule is COC(=O)CCNc1ccc(-c2cc[nH]c2)nn1. The normalized spacial score (nSPS) is 10.1. The van der Waals surface area contributed by atoms with Crippen LogP contribution in [0.4, 0.5) is 5.82 Å². The van der Waals surface area contributed by atoms with Gasteiger partial charge in [0, 0.05) is 24.5 Å². The molecule has 0 unspecified atom stereocenters. The van der Waals surface area contributed by atoms with Gasteiger partial charge in [0.25, 0.3) is 0 Å². The summed E-state index contributed by atoms with van der Waals surface area (Å²) in [5, 5.41) is 11.1. The first-order valence-corrected chi connectivity index (χ1v) is 5.57. The number of methoxy groups -OCH3 is 1. The molecule has 0 bridgehead atoms. The molecule has 2 rings (SSSR count). The van der Waals surface area contributed by atoms with Crippen LogP contribution in [-0.2, 0) is 9.53 Å². The maximum absolute atomic E-state index is 10.9. The molecule has 0 amide bonds. The number of hydrogen-bond donors (Lipinski definition) is 2. The van der Waals surface area contributed by atoms with Gasteiger partial charge in [-0.15, -0.1) is 10.2 Å². The molecule has 0 saturated carbocycles. The van der Waals surface area contributed by atoms with E-state index >= 15 is 0 Å². The minimum absolute atomic E-state index is 0.251. The Hall–Kier alpha value is -2.37. The summed E-state index contributed by atoms with van der Waals surface area (Å²) in [4.78, 5) is 13.9. The maximum atomic E-state index is 10.9. The molecule has 18 heavy (non-hydrogen) atoms. The lowest BCUT2D eigenvalue weighted by Crippen LogP contribution is -2.10. The summed E-state index contributed by atoms with van der Waals surface area (Å²) < 4.78 is 4.54. The van der Waals surface area contributed by atoms with Crippen molar-refractivity contribution in [1.29, 1.82) is 0 Å². The lowest BCUT2D eigenvalue weighted by Gasteiger charge is -2.04. The standard InChI is InChI=1S/C12H14N4O2/c1-18-12(17)5-7-14-11-3-2-10(15-16-11)9-4-6-13-8-9/h2-4,6,8,13H,5,7H2,1H3,(H,14,16). The second-order valence-electron chi connectivity index (χ2n) is 3.66. The van der Waals surface area contributed by atoms with Gasteiger partial charge in [-0.25, -0.2) is 0 Å². The number of aromatic amines is 1. The highest BCUT2D eigenvalue weighted by atomic mass is 16.5. The van der Waals surface area contributed by atoms with Crippen molar-refractivity contribution in [2.24, 2.45) is 0 Å². The van der Waals surface area contributed by atoms with E-state index in [0.29, 0.717) is 18.8 Å². The van der Waals surface area contributed by atoms with E-state index in [-0.39, 0.29) is 5.97 Å². The predicted molar refractivity (Wildman–Crippen MR) is 66.9 cm³/mol. The topological polar surface area (TPSA) is 79.9 Å². The van der Waals surface area contributed by atoms with Crippen molar-refractivity contribution in [1.82, 2.24) is 15.2 Å². The highest BCUT2D eigenvalue weighted by Gasteiger charge is 2.02. The van der Waals surface area contributed by atoms with Crippen molar-refractivity contribution in [2.75, 3.05) is 19.0 Å². The molecule has 2 aromatic rings. The smallest absolute Gasteiger partial charge is 0.307 e. The van der Waals surface area contributed by atoms with Crippen LogP contribution in [0.25, 0.3) is 11.3 Å². The molecule has 0 aliphatic carbocycles. The van der Waals surface area contributed by atoms with Crippen LogP contribution in [-0.4, -0.2) is 34.8 Å². The van der Waals surface area contributed by atoms with Gasteiger partial charge >= 0.3 is 5.97 Å². The second kappa shape index (κ2) is 5.81. The van der Waals surface area contributed by atoms with Gasteiger partial charge in [-0.3, -0.25) is 4.79 Å². The molecule has 2 heterocycles. The number of aromatic nitrogens is 3. The Morgan fingerprint density at radius 2 is 2.28 bits per heavy atom. The lowest BCUT2D eigenvalue weighted by atomic mass is 10.2. The summed E-state index contributed by atoms with van der Waals surface area (Å²) >= 11 is 0. The molecule has 2 N–H and O–H groups in total. The number of ether oxygens (including phenoxy) is 1. The van der Waals surface area contributed by atoms with Crippen LogP contribution in [0, 0.1) is 0 Å². The molecule has 0 fully saturated rings. The van der Waals surface area contributed by atoms with Crippen molar-refractivity contribution in [3.05, 3.63) is 30.6 Å². The van der Waals surface area contributed by atoms with E-state index in [0.717, 1.165) is 11.3 Å². The van der Waals surface area contributed by atoms with Crippen molar-refractivity contribution in [3.8, 4) is 11.3 Å². The van der Waals surface area contributed by atoms with Crippen LogP contribution in [0.2, 0.25) is 0 Å². The molecule has 0 aliphatic heterocycles. The van der Waals surface area contributed by atoms with Gasteiger partial charge in [-0.05, 0) is 18.2 Å². The first-order valence-electron chi connectivity index (χ1n) is 5.57. The quantitative estimate of drug-likeness (QED) is 0.780. The summed E-state index contributed by atoms with van der Waals surface area (Å²) in [5.41, 5.74) is 1.79. The number of rotatable bonds is 5. The Morgan fingerprint density at radius 1 is 1.39 bits per heavy atom. The molecule has 0 radical (unpaired) electrons. The molecule has 2 aromatic heterocycles. The monoisotopic (exact) mass is 246 g/mol. The van der Waals surface area contributed by atoms with Crippen LogP contribution in [0.15, 0.2) is 30.6 Å². The molecule has 0 saturated heterocycles. The fourth-order valence-corrected chi connectivity index (χ4v) is 1.46. The molecule has 94 valence electrons. The highest BCUT2D eigenvalue weighted by Crippen LogP contribution is 2.15. The highest BCUT2D eigenvalue weighted by molar-refractivity contribution is 5.69. The molecule has 0 spiro atoms. The van der Waals surface area contributed by atoms with Gasteiger partial charge in [0.2, 0.25) is 0 Å². The number of carbonyl (C=O) groups is 1. The van der Waals surface area contributed by atoms with Crippen molar-refractivity contribution in [2.45, 2.75) is 6.42 Å². The summed E-state index contributed by atoms with van der Waals surface area (Å²) in [5.74, 6) is 0.387. The van der Waals surface area contributed by atoms with E-state index in [1.807, 2.05) is 30.6 Å². The number of carbonyl (C=O) groups excluding carboxylic acids is 1. The zero-order chi connectivity index (χ0) is 12.8. The fourth-order valence-electron chi connectivity index (χ4n) is 1.46. The van der Waals surface area contributed by atoms with Gasteiger partial charge in [0.05, 0.1) is 19.2 Å². The van der Waals surface area contributed by atoms with Crippen LogP contribution in [0.5, 0.6) is 0 Å². The Kier molecular flexibility index (Phi) is 3.90. The van der Waals surface area contributed by atoms with Gasteiger partial charge < -0.3 is 15.0 Å². The third kappa shape index (κ3) is 3.07.